The Balaban J connectivity index is 1.68. The Bertz CT molecular complexity index is 652. The molecule has 2 saturated heterocycles. The molecule has 3 aliphatic rings. The molecule has 4 rings (SSSR count). The predicted molar refractivity (Wildman–Crippen MR) is 73.4 cm³/mol. The molecular formula is C13H19N3O4S. The Morgan fingerprint density at radius 1 is 1.33 bits per heavy atom. The lowest BCUT2D eigenvalue weighted by Gasteiger charge is -2.34. The Kier molecular flexibility index (Phi) is 3.11. The van der Waals surface area contributed by atoms with Crippen molar-refractivity contribution in [2.75, 3.05) is 26.4 Å². The maximum Gasteiger partial charge on any atom is 0.260 e. The summed E-state index contributed by atoms with van der Waals surface area (Å²) in [6, 6.07) is 1.51. The fourth-order valence-corrected chi connectivity index (χ4v) is 4.87. The van der Waals surface area contributed by atoms with Gasteiger partial charge in [-0.05, 0) is 12.8 Å². The minimum absolute atomic E-state index is 0.148. The van der Waals surface area contributed by atoms with Gasteiger partial charge in [0, 0.05) is 25.6 Å². The lowest BCUT2D eigenvalue weighted by molar-refractivity contribution is -0.0187. The average Bonchev–Trinajstić information content (AvgIpc) is 3.05. The van der Waals surface area contributed by atoms with Crippen LogP contribution in [0.5, 0.6) is 0 Å². The van der Waals surface area contributed by atoms with Crippen molar-refractivity contribution in [3.8, 4) is 0 Å². The van der Waals surface area contributed by atoms with Gasteiger partial charge < -0.3 is 9.47 Å². The number of aromatic nitrogens is 2. The minimum atomic E-state index is -3.56. The zero-order chi connectivity index (χ0) is 14.6. The van der Waals surface area contributed by atoms with Gasteiger partial charge in [-0.15, -0.1) is 0 Å². The van der Waals surface area contributed by atoms with Crippen molar-refractivity contribution in [2.24, 2.45) is 7.05 Å². The third-order valence-corrected chi connectivity index (χ3v) is 6.42. The molecule has 3 heterocycles. The van der Waals surface area contributed by atoms with E-state index in [1.807, 2.05) is 0 Å². The standard InChI is InChI=1S/C13H19N3O4S/c1-15-13(6-10(14-15)9-2-3-9)21(17,18)16-4-5-20-12-8-19-7-11(12)16/h6,9,11-12H,2-5,7-8H2,1H3/t11-,12-/m1/s1. The average molecular weight is 313 g/mol. The number of aryl methyl sites for hydroxylation is 1. The van der Waals surface area contributed by atoms with E-state index in [1.54, 1.807) is 13.1 Å². The first kappa shape index (κ1) is 13.7. The Morgan fingerprint density at radius 2 is 2.14 bits per heavy atom. The molecule has 21 heavy (non-hydrogen) atoms. The number of nitrogens with zero attached hydrogens (tertiary/aromatic N) is 3. The van der Waals surface area contributed by atoms with Gasteiger partial charge in [-0.25, -0.2) is 8.42 Å². The van der Waals surface area contributed by atoms with Crippen molar-refractivity contribution >= 4 is 10.0 Å². The summed E-state index contributed by atoms with van der Waals surface area (Å²) in [4.78, 5) is 0. The summed E-state index contributed by atoms with van der Waals surface area (Å²) in [5, 5.41) is 4.64. The summed E-state index contributed by atoms with van der Waals surface area (Å²) >= 11 is 0. The van der Waals surface area contributed by atoms with Crippen molar-refractivity contribution in [3.63, 3.8) is 0 Å². The molecule has 0 amide bonds. The predicted octanol–water partition coefficient (Wildman–Crippen LogP) is 0.0858. The van der Waals surface area contributed by atoms with Crippen LogP contribution >= 0.6 is 0 Å². The monoisotopic (exact) mass is 313 g/mol. The normalized spacial score (nSPS) is 30.5. The molecule has 1 aromatic rings. The van der Waals surface area contributed by atoms with E-state index in [0.717, 1.165) is 18.5 Å². The summed E-state index contributed by atoms with van der Waals surface area (Å²) in [5.41, 5.74) is 0.892. The van der Waals surface area contributed by atoms with Gasteiger partial charge in [0.05, 0.1) is 37.7 Å². The van der Waals surface area contributed by atoms with Crippen LogP contribution in [0.2, 0.25) is 0 Å². The first-order chi connectivity index (χ1) is 10.1. The smallest absolute Gasteiger partial charge is 0.260 e. The first-order valence-electron chi connectivity index (χ1n) is 7.32. The molecule has 0 spiro atoms. The zero-order valence-electron chi connectivity index (χ0n) is 11.9. The summed E-state index contributed by atoms with van der Waals surface area (Å²) in [6.07, 6.45) is 2.06. The molecule has 8 heteroatoms. The van der Waals surface area contributed by atoms with Gasteiger partial charge in [0.25, 0.3) is 10.0 Å². The maximum atomic E-state index is 13.0. The van der Waals surface area contributed by atoms with Crippen LogP contribution in [0.1, 0.15) is 24.5 Å². The summed E-state index contributed by atoms with van der Waals surface area (Å²) < 4.78 is 39.9. The summed E-state index contributed by atoms with van der Waals surface area (Å²) in [5.74, 6) is 0.437. The Morgan fingerprint density at radius 3 is 2.90 bits per heavy atom. The molecule has 1 aliphatic carbocycles. The second-order valence-corrected chi connectivity index (χ2v) is 7.77. The molecular weight excluding hydrogens is 294 g/mol. The SMILES string of the molecule is Cn1nc(C2CC2)cc1S(=O)(=O)N1CCO[C@@H]2COC[C@H]21. The van der Waals surface area contributed by atoms with E-state index in [0.29, 0.717) is 32.3 Å². The van der Waals surface area contributed by atoms with Crippen LogP contribution in [0.25, 0.3) is 0 Å². The first-order valence-corrected chi connectivity index (χ1v) is 8.76. The molecule has 1 saturated carbocycles. The molecule has 0 aromatic carbocycles. The molecule has 0 bridgehead atoms. The summed E-state index contributed by atoms with van der Waals surface area (Å²) in [6.45, 7) is 1.65. The van der Waals surface area contributed by atoms with Crippen molar-refractivity contribution < 1.29 is 17.9 Å². The second-order valence-electron chi connectivity index (χ2n) is 5.94. The van der Waals surface area contributed by atoms with E-state index in [9.17, 15) is 8.42 Å². The number of sulfonamides is 1. The van der Waals surface area contributed by atoms with E-state index >= 15 is 0 Å². The van der Waals surface area contributed by atoms with Gasteiger partial charge in [0.2, 0.25) is 0 Å². The number of hydrogen-bond acceptors (Lipinski definition) is 5. The fourth-order valence-electron chi connectivity index (χ4n) is 3.12. The molecule has 3 fully saturated rings. The fraction of sp³-hybridized carbons (Fsp3) is 0.769. The van der Waals surface area contributed by atoms with Gasteiger partial charge in [-0.3, -0.25) is 4.68 Å². The maximum absolute atomic E-state index is 13.0. The van der Waals surface area contributed by atoms with E-state index in [4.69, 9.17) is 9.47 Å². The van der Waals surface area contributed by atoms with Gasteiger partial charge >= 0.3 is 0 Å². The lowest BCUT2D eigenvalue weighted by atomic mass is 10.2. The quantitative estimate of drug-likeness (QED) is 0.790. The lowest BCUT2D eigenvalue weighted by Crippen LogP contribution is -2.53. The van der Waals surface area contributed by atoms with E-state index in [1.165, 1.54) is 8.99 Å². The third kappa shape index (κ3) is 2.21. The number of fused-ring (bicyclic) bond motifs is 1. The Hall–Kier alpha value is -0.960. The number of ether oxygens (including phenoxy) is 2. The van der Waals surface area contributed by atoms with E-state index in [-0.39, 0.29) is 17.2 Å². The number of morpholine rings is 1. The van der Waals surface area contributed by atoms with Crippen LogP contribution in [0.15, 0.2) is 11.1 Å². The largest absolute Gasteiger partial charge is 0.377 e. The van der Waals surface area contributed by atoms with Gasteiger partial charge in [0.1, 0.15) is 0 Å². The highest BCUT2D eigenvalue weighted by molar-refractivity contribution is 7.89. The number of rotatable bonds is 3. The van der Waals surface area contributed by atoms with E-state index in [2.05, 4.69) is 5.10 Å². The Labute approximate surface area is 123 Å². The third-order valence-electron chi connectivity index (χ3n) is 4.44. The van der Waals surface area contributed by atoms with Crippen molar-refractivity contribution in [2.45, 2.75) is 35.9 Å². The highest BCUT2D eigenvalue weighted by Crippen LogP contribution is 2.40. The molecule has 1 aromatic heterocycles. The van der Waals surface area contributed by atoms with Crippen LogP contribution < -0.4 is 0 Å². The molecule has 2 atom stereocenters. The van der Waals surface area contributed by atoms with Crippen molar-refractivity contribution in [3.05, 3.63) is 11.8 Å². The second kappa shape index (κ2) is 4.77. The highest BCUT2D eigenvalue weighted by atomic mass is 32.2. The van der Waals surface area contributed by atoms with Crippen molar-refractivity contribution in [1.29, 1.82) is 0 Å². The topological polar surface area (TPSA) is 73.7 Å². The van der Waals surface area contributed by atoms with E-state index < -0.39 is 10.0 Å². The highest BCUT2D eigenvalue weighted by Gasteiger charge is 2.44. The minimum Gasteiger partial charge on any atom is -0.377 e. The number of hydrogen-bond donors (Lipinski definition) is 0. The molecule has 7 nitrogen and oxygen atoms in total. The van der Waals surface area contributed by atoms with Crippen LogP contribution in [-0.4, -0.2) is 61.0 Å². The van der Waals surface area contributed by atoms with Crippen LogP contribution in [-0.2, 0) is 26.5 Å². The molecule has 0 N–H and O–H groups in total. The molecule has 0 radical (unpaired) electrons. The van der Waals surface area contributed by atoms with Crippen LogP contribution in [0.4, 0.5) is 0 Å². The van der Waals surface area contributed by atoms with Gasteiger partial charge in [-0.1, -0.05) is 0 Å². The molecule has 2 aliphatic heterocycles. The van der Waals surface area contributed by atoms with Gasteiger partial charge in [0.15, 0.2) is 5.03 Å². The van der Waals surface area contributed by atoms with Gasteiger partial charge in [-0.2, -0.15) is 9.40 Å². The van der Waals surface area contributed by atoms with Crippen LogP contribution in [0, 0.1) is 0 Å². The van der Waals surface area contributed by atoms with Crippen LogP contribution in [0.3, 0.4) is 0 Å². The molecule has 116 valence electrons. The summed E-state index contributed by atoms with van der Waals surface area (Å²) in [7, 11) is -1.86. The zero-order valence-corrected chi connectivity index (χ0v) is 12.8. The molecule has 0 unspecified atom stereocenters. The van der Waals surface area contributed by atoms with Crippen molar-refractivity contribution in [1.82, 2.24) is 14.1 Å².